The number of amides is 1. The van der Waals surface area contributed by atoms with Crippen LogP contribution in [0, 0.1) is 6.92 Å². The molecule has 1 amide bonds. The van der Waals surface area contributed by atoms with Crippen LogP contribution in [-0.2, 0) is 16.4 Å². The third-order valence-electron chi connectivity index (χ3n) is 5.10. The van der Waals surface area contributed by atoms with Crippen LogP contribution in [0.3, 0.4) is 0 Å². The first-order valence-electron chi connectivity index (χ1n) is 9.76. The number of nitrogens with zero attached hydrogens (tertiary/aromatic N) is 2. The predicted octanol–water partition coefficient (Wildman–Crippen LogP) is 4.03. The van der Waals surface area contributed by atoms with Crippen molar-refractivity contribution < 1.29 is 13.2 Å². The second-order valence-electron chi connectivity index (χ2n) is 7.56. The van der Waals surface area contributed by atoms with Gasteiger partial charge >= 0.3 is 0 Å². The number of benzene rings is 2. The van der Waals surface area contributed by atoms with E-state index in [0.717, 1.165) is 5.56 Å². The molecule has 1 aliphatic heterocycles. The molecule has 3 N–H and O–H groups in total. The summed E-state index contributed by atoms with van der Waals surface area (Å²) in [5.74, 6) is -0.525. The molecule has 2 heterocycles. The summed E-state index contributed by atoms with van der Waals surface area (Å²) in [5.41, 5.74) is 8.29. The maximum atomic E-state index is 13.4. The van der Waals surface area contributed by atoms with Gasteiger partial charge in [-0.15, -0.1) is 0 Å². The van der Waals surface area contributed by atoms with Crippen LogP contribution in [0.15, 0.2) is 59.6 Å². The lowest BCUT2D eigenvalue weighted by Crippen LogP contribution is -2.46. The van der Waals surface area contributed by atoms with E-state index in [1.807, 2.05) is 13.0 Å². The second kappa shape index (κ2) is 8.71. The van der Waals surface area contributed by atoms with Gasteiger partial charge in [0.15, 0.2) is 0 Å². The van der Waals surface area contributed by atoms with Crippen LogP contribution in [0.2, 0.25) is 10.0 Å². The Bertz CT molecular complexity index is 1290. The van der Waals surface area contributed by atoms with Crippen LogP contribution in [0.25, 0.3) is 0 Å². The molecule has 0 saturated heterocycles. The monoisotopic (exact) mass is 490 g/mol. The van der Waals surface area contributed by atoms with Crippen LogP contribution in [-0.4, -0.2) is 31.9 Å². The Balaban J connectivity index is 1.72. The van der Waals surface area contributed by atoms with Crippen LogP contribution in [0.4, 0.5) is 11.4 Å². The smallest absolute Gasteiger partial charge is 0.264 e. The Morgan fingerprint density at radius 3 is 2.53 bits per heavy atom. The first-order valence-corrected chi connectivity index (χ1v) is 12.0. The predicted molar refractivity (Wildman–Crippen MR) is 126 cm³/mol. The molecule has 0 bridgehead atoms. The molecular weight excluding hydrogens is 471 g/mol. The van der Waals surface area contributed by atoms with Gasteiger partial charge in [-0.3, -0.25) is 14.1 Å². The summed E-state index contributed by atoms with van der Waals surface area (Å²) in [7, 11) is -3.88. The highest BCUT2D eigenvalue weighted by molar-refractivity contribution is 7.92. The number of hydrogen-bond donors (Lipinski definition) is 2. The minimum absolute atomic E-state index is 0.0959. The topological polar surface area (TPSA) is 105 Å². The lowest BCUT2D eigenvalue weighted by atomic mass is 10.1. The molecule has 2 aromatic carbocycles. The van der Waals surface area contributed by atoms with Crippen molar-refractivity contribution in [2.45, 2.75) is 24.3 Å². The normalized spacial score (nSPS) is 15.9. The molecule has 1 atom stereocenters. The van der Waals surface area contributed by atoms with Crippen molar-refractivity contribution in [1.29, 1.82) is 0 Å². The molecule has 10 heteroatoms. The van der Waals surface area contributed by atoms with Gasteiger partial charge in [0, 0.05) is 19.0 Å². The van der Waals surface area contributed by atoms with E-state index in [9.17, 15) is 13.2 Å². The van der Waals surface area contributed by atoms with Crippen LogP contribution in [0.1, 0.15) is 21.6 Å². The van der Waals surface area contributed by atoms with Gasteiger partial charge in [0.05, 0.1) is 43.8 Å². The summed E-state index contributed by atoms with van der Waals surface area (Å²) in [4.78, 5) is 17.3. The van der Waals surface area contributed by atoms with Crippen LogP contribution < -0.4 is 15.4 Å². The van der Waals surface area contributed by atoms with E-state index in [2.05, 4.69) is 10.3 Å². The minimum Gasteiger partial charge on any atom is -0.326 e. The number of rotatable bonds is 4. The summed E-state index contributed by atoms with van der Waals surface area (Å²) in [6.07, 6.45) is 1.87. The Morgan fingerprint density at radius 1 is 1.16 bits per heavy atom. The number of nitrogens with two attached hydrogens (primary N) is 1. The third-order valence-corrected chi connectivity index (χ3v) is 7.50. The van der Waals surface area contributed by atoms with Gasteiger partial charge in [0.25, 0.3) is 15.9 Å². The molecule has 4 rings (SSSR count). The Morgan fingerprint density at radius 2 is 1.84 bits per heavy atom. The number of carbonyl (C=O) groups is 1. The zero-order valence-corrected chi connectivity index (χ0v) is 19.4. The highest BCUT2D eigenvalue weighted by Gasteiger charge is 2.33. The first-order chi connectivity index (χ1) is 15.2. The van der Waals surface area contributed by atoms with E-state index in [4.69, 9.17) is 28.9 Å². The van der Waals surface area contributed by atoms with Crippen molar-refractivity contribution in [2.24, 2.45) is 5.73 Å². The van der Waals surface area contributed by atoms with Crippen molar-refractivity contribution in [1.82, 2.24) is 4.98 Å². The molecule has 0 aliphatic carbocycles. The number of halogens is 2. The van der Waals surface area contributed by atoms with E-state index in [-0.39, 0.29) is 27.0 Å². The van der Waals surface area contributed by atoms with Gasteiger partial charge in [0.1, 0.15) is 0 Å². The molecule has 1 aromatic heterocycles. The summed E-state index contributed by atoms with van der Waals surface area (Å²) >= 11 is 12.2. The largest absolute Gasteiger partial charge is 0.326 e. The van der Waals surface area contributed by atoms with Gasteiger partial charge < -0.3 is 11.1 Å². The Labute approximate surface area is 196 Å². The molecule has 32 heavy (non-hydrogen) atoms. The second-order valence-corrected chi connectivity index (χ2v) is 10.2. The number of nitrogens with one attached hydrogen (secondary N) is 1. The molecule has 166 valence electrons. The molecule has 7 nitrogen and oxygen atoms in total. The first kappa shape index (κ1) is 22.5. The molecule has 0 radical (unpaired) electrons. The van der Waals surface area contributed by atoms with E-state index < -0.39 is 22.0 Å². The average molecular weight is 491 g/mol. The fourth-order valence-corrected chi connectivity index (χ4v) is 5.80. The number of hydrogen-bond acceptors (Lipinski definition) is 5. The van der Waals surface area contributed by atoms with Crippen molar-refractivity contribution in [3.8, 4) is 0 Å². The summed E-state index contributed by atoms with van der Waals surface area (Å²) in [6, 6.07) is 12.6. The van der Waals surface area contributed by atoms with Crippen molar-refractivity contribution in [3.63, 3.8) is 0 Å². The SMILES string of the molecule is Cc1cccc(S(=O)(=O)N2CC(N)Cc3ncc(NC(=O)c4c(Cl)cccc4Cl)cc32)c1. The molecule has 3 aromatic rings. The summed E-state index contributed by atoms with van der Waals surface area (Å²) in [6.45, 7) is 1.92. The van der Waals surface area contributed by atoms with E-state index in [1.165, 1.54) is 10.5 Å². The van der Waals surface area contributed by atoms with Crippen molar-refractivity contribution in [3.05, 3.63) is 81.6 Å². The number of aryl methyl sites for hydroxylation is 1. The fourth-order valence-electron chi connectivity index (χ4n) is 3.59. The number of sulfonamides is 1. The molecule has 0 fully saturated rings. The van der Waals surface area contributed by atoms with Crippen LogP contribution in [0.5, 0.6) is 0 Å². The quantitative estimate of drug-likeness (QED) is 0.574. The van der Waals surface area contributed by atoms with Crippen molar-refractivity contribution in [2.75, 3.05) is 16.2 Å². The van der Waals surface area contributed by atoms with Gasteiger partial charge in [-0.2, -0.15) is 0 Å². The van der Waals surface area contributed by atoms with E-state index in [0.29, 0.717) is 23.5 Å². The average Bonchev–Trinajstić information content (AvgIpc) is 2.73. The number of aromatic nitrogens is 1. The molecule has 0 saturated carbocycles. The maximum Gasteiger partial charge on any atom is 0.264 e. The van der Waals surface area contributed by atoms with Crippen LogP contribution >= 0.6 is 23.2 Å². The number of pyridine rings is 1. The highest BCUT2D eigenvalue weighted by atomic mass is 35.5. The molecular formula is C22H20Cl2N4O3S. The lowest BCUT2D eigenvalue weighted by molar-refractivity contribution is 0.102. The van der Waals surface area contributed by atoms with Gasteiger partial charge in [-0.05, 0) is 42.8 Å². The minimum atomic E-state index is -3.88. The highest BCUT2D eigenvalue weighted by Crippen LogP contribution is 2.33. The van der Waals surface area contributed by atoms with Gasteiger partial charge in [-0.25, -0.2) is 8.42 Å². The zero-order valence-electron chi connectivity index (χ0n) is 17.0. The molecule has 1 unspecified atom stereocenters. The molecule has 0 spiro atoms. The lowest BCUT2D eigenvalue weighted by Gasteiger charge is -2.33. The maximum absolute atomic E-state index is 13.4. The summed E-state index contributed by atoms with van der Waals surface area (Å²) in [5, 5.41) is 3.11. The van der Waals surface area contributed by atoms with Crippen molar-refractivity contribution >= 4 is 50.5 Å². The number of carbonyl (C=O) groups excluding carboxylic acids is 1. The fraction of sp³-hybridized carbons (Fsp3) is 0.182. The molecule has 1 aliphatic rings. The van der Waals surface area contributed by atoms with Gasteiger partial charge in [0.2, 0.25) is 0 Å². The zero-order chi connectivity index (χ0) is 23.0. The van der Waals surface area contributed by atoms with E-state index in [1.54, 1.807) is 42.5 Å². The number of fused-ring (bicyclic) bond motifs is 1. The third kappa shape index (κ3) is 4.31. The number of anilines is 2. The Hall–Kier alpha value is -2.65. The van der Waals surface area contributed by atoms with Gasteiger partial charge in [-0.1, -0.05) is 41.4 Å². The van der Waals surface area contributed by atoms with E-state index >= 15 is 0 Å². The summed E-state index contributed by atoms with van der Waals surface area (Å²) < 4.78 is 28.1. The Kier molecular flexibility index (Phi) is 6.13. The standard InChI is InChI=1S/C22H20Cl2N4O3S/c1-13-4-2-5-16(8-13)32(30,31)28-12-14(25)9-19-20(28)10-15(11-26-19)27-22(29)21-17(23)6-3-7-18(21)24/h2-8,10-11,14H,9,12,25H2,1H3,(H,27,29).